The third-order valence-electron chi connectivity index (χ3n) is 4.18. The maximum atomic E-state index is 10.4. The summed E-state index contributed by atoms with van der Waals surface area (Å²) < 4.78 is 10.7. The fourth-order valence-electron chi connectivity index (χ4n) is 2.84. The Morgan fingerprint density at radius 1 is 1.00 bits per heavy atom. The van der Waals surface area contributed by atoms with Gasteiger partial charge in [0.15, 0.2) is 11.5 Å². The van der Waals surface area contributed by atoms with E-state index >= 15 is 0 Å². The highest BCUT2D eigenvalue weighted by Gasteiger charge is 2.16. The molecule has 0 aliphatic heterocycles. The Kier molecular flexibility index (Phi) is 10.2. The van der Waals surface area contributed by atoms with Crippen molar-refractivity contribution in [1.82, 2.24) is 0 Å². The average molecular weight is 320 g/mol. The molecule has 0 radical (unpaired) electrons. The summed E-state index contributed by atoms with van der Waals surface area (Å²) in [6.45, 7) is 3.74. The topological polar surface area (TPSA) is 38.7 Å². The van der Waals surface area contributed by atoms with Gasteiger partial charge in [-0.25, -0.2) is 0 Å². The largest absolute Gasteiger partial charge is 0.493 e. The molecule has 1 atom stereocenters. The molecular weight excluding hydrogens is 288 g/mol. The highest BCUT2D eigenvalue weighted by atomic mass is 16.5. The lowest BCUT2D eigenvalue weighted by Gasteiger charge is -2.17. The molecule has 0 aliphatic carbocycles. The van der Waals surface area contributed by atoms with Crippen molar-refractivity contribution in [1.29, 1.82) is 0 Å². The van der Waals surface area contributed by atoms with Gasteiger partial charge in [0.25, 0.3) is 0 Å². The van der Waals surface area contributed by atoms with E-state index in [1.165, 1.54) is 38.5 Å². The van der Waals surface area contributed by atoms with Crippen LogP contribution in [0.15, 0.2) is 30.9 Å². The lowest BCUT2D eigenvalue weighted by molar-refractivity contribution is 0.158. The van der Waals surface area contributed by atoms with Crippen LogP contribution in [0.2, 0.25) is 0 Å². The molecule has 1 aromatic rings. The lowest BCUT2D eigenvalue weighted by atomic mass is 10.0. The molecule has 3 nitrogen and oxygen atoms in total. The minimum atomic E-state index is -0.493. The van der Waals surface area contributed by atoms with E-state index in [1.54, 1.807) is 14.2 Å². The first kappa shape index (κ1) is 19.6. The summed E-state index contributed by atoms with van der Waals surface area (Å²) in [4.78, 5) is 0. The number of para-hydroxylation sites is 1. The van der Waals surface area contributed by atoms with E-state index in [4.69, 9.17) is 9.47 Å². The van der Waals surface area contributed by atoms with Gasteiger partial charge in [0, 0.05) is 5.56 Å². The van der Waals surface area contributed by atoms with E-state index in [1.807, 2.05) is 24.3 Å². The van der Waals surface area contributed by atoms with E-state index in [0.717, 1.165) is 24.8 Å². The van der Waals surface area contributed by atoms with Crippen LogP contribution < -0.4 is 9.47 Å². The van der Waals surface area contributed by atoms with Crippen LogP contribution in [0.25, 0.3) is 0 Å². The molecule has 1 aromatic carbocycles. The van der Waals surface area contributed by atoms with Crippen molar-refractivity contribution in [2.75, 3.05) is 14.2 Å². The second-order valence-corrected chi connectivity index (χ2v) is 5.94. The molecule has 0 amide bonds. The summed E-state index contributed by atoms with van der Waals surface area (Å²) in [6, 6.07) is 5.65. The monoisotopic (exact) mass is 320 g/mol. The zero-order chi connectivity index (χ0) is 16.9. The number of aliphatic hydroxyl groups excluding tert-OH is 1. The molecule has 3 heteroatoms. The predicted octanol–water partition coefficient (Wildman–Crippen LogP) is 5.43. The van der Waals surface area contributed by atoms with Crippen LogP contribution in [0.3, 0.4) is 0 Å². The Hall–Kier alpha value is -1.48. The summed E-state index contributed by atoms with van der Waals surface area (Å²) >= 11 is 0. The van der Waals surface area contributed by atoms with Gasteiger partial charge in [-0.1, -0.05) is 56.7 Å². The molecule has 23 heavy (non-hydrogen) atoms. The van der Waals surface area contributed by atoms with Crippen molar-refractivity contribution in [2.24, 2.45) is 0 Å². The fourth-order valence-corrected chi connectivity index (χ4v) is 2.84. The maximum Gasteiger partial charge on any atom is 0.166 e. The number of benzene rings is 1. The average Bonchev–Trinajstić information content (AvgIpc) is 2.59. The van der Waals surface area contributed by atoms with Crippen molar-refractivity contribution in [2.45, 2.75) is 63.9 Å². The van der Waals surface area contributed by atoms with E-state index in [-0.39, 0.29) is 0 Å². The van der Waals surface area contributed by atoms with Crippen LogP contribution in [-0.2, 0) is 0 Å². The molecule has 0 saturated carbocycles. The number of aliphatic hydroxyl groups is 1. The van der Waals surface area contributed by atoms with E-state index in [0.29, 0.717) is 11.5 Å². The molecule has 1 unspecified atom stereocenters. The highest BCUT2D eigenvalue weighted by molar-refractivity contribution is 5.47. The maximum absolute atomic E-state index is 10.4. The Bertz CT molecular complexity index is 443. The summed E-state index contributed by atoms with van der Waals surface area (Å²) in [5.41, 5.74) is 0.816. The predicted molar refractivity (Wildman–Crippen MR) is 96.3 cm³/mol. The summed E-state index contributed by atoms with van der Waals surface area (Å²) in [7, 11) is 3.23. The molecule has 0 bridgehead atoms. The first-order valence-electron chi connectivity index (χ1n) is 8.74. The van der Waals surface area contributed by atoms with Gasteiger partial charge >= 0.3 is 0 Å². The Labute approximate surface area is 141 Å². The van der Waals surface area contributed by atoms with Gasteiger partial charge in [-0.15, -0.1) is 6.58 Å². The van der Waals surface area contributed by atoms with Crippen molar-refractivity contribution in [3.8, 4) is 11.5 Å². The number of unbranched alkanes of at least 4 members (excludes halogenated alkanes) is 7. The molecule has 0 aliphatic rings. The van der Waals surface area contributed by atoms with E-state index in [9.17, 15) is 5.11 Å². The third-order valence-corrected chi connectivity index (χ3v) is 4.18. The zero-order valence-electron chi connectivity index (χ0n) is 14.7. The number of hydrogen-bond donors (Lipinski definition) is 1. The number of hydrogen-bond acceptors (Lipinski definition) is 3. The normalized spacial score (nSPS) is 12.0. The van der Waals surface area contributed by atoms with Gasteiger partial charge in [0.05, 0.1) is 20.3 Å². The standard InChI is InChI=1S/C20H32O3/c1-4-5-6-7-8-9-10-11-12-15-18(21)17-14-13-16-19(22-2)20(17)23-3/h4,13-14,16,18,21H,1,5-12,15H2,2-3H3. The molecule has 130 valence electrons. The van der Waals surface area contributed by atoms with Gasteiger partial charge in [-0.05, 0) is 25.3 Å². The zero-order valence-corrected chi connectivity index (χ0v) is 14.7. The van der Waals surface area contributed by atoms with Crippen LogP contribution in [-0.4, -0.2) is 19.3 Å². The van der Waals surface area contributed by atoms with Crippen molar-refractivity contribution < 1.29 is 14.6 Å². The van der Waals surface area contributed by atoms with Crippen LogP contribution in [0.5, 0.6) is 11.5 Å². The molecule has 0 spiro atoms. The molecule has 1 N–H and O–H groups in total. The van der Waals surface area contributed by atoms with Crippen LogP contribution in [0.4, 0.5) is 0 Å². The number of allylic oxidation sites excluding steroid dienone is 1. The molecule has 0 aromatic heterocycles. The number of rotatable bonds is 13. The van der Waals surface area contributed by atoms with Gasteiger partial charge < -0.3 is 14.6 Å². The summed E-state index contributed by atoms with van der Waals surface area (Å²) in [6.07, 6.45) is 12.0. The molecule has 1 rings (SSSR count). The van der Waals surface area contributed by atoms with Gasteiger partial charge in [0.1, 0.15) is 0 Å². The van der Waals surface area contributed by atoms with Gasteiger partial charge in [-0.3, -0.25) is 0 Å². The van der Waals surface area contributed by atoms with Crippen LogP contribution >= 0.6 is 0 Å². The molecule has 0 saturated heterocycles. The second-order valence-electron chi connectivity index (χ2n) is 5.94. The SMILES string of the molecule is C=CCCCCCCCCCC(O)c1cccc(OC)c1OC. The van der Waals surface area contributed by atoms with Crippen LogP contribution in [0, 0.1) is 0 Å². The highest BCUT2D eigenvalue weighted by Crippen LogP contribution is 2.36. The van der Waals surface area contributed by atoms with E-state index < -0.39 is 6.10 Å². The molecule has 0 heterocycles. The smallest absolute Gasteiger partial charge is 0.166 e. The van der Waals surface area contributed by atoms with Gasteiger partial charge in [-0.2, -0.15) is 0 Å². The minimum absolute atomic E-state index is 0.493. The Balaban J connectivity index is 2.26. The Morgan fingerprint density at radius 3 is 2.26 bits per heavy atom. The molecular formula is C20H32O3. The van der Waals surface area contributed by atoms with Crippen molar-refractivity contribution >= 4 is 0 Å². The molecule has 0 fully saturated rings. The van der Waals surface area contributed by atoms with Gasteiger partial charge in [0.2, 0.25) is 0 Å². The van der Waals surface area contributed by atoms with Crippen molar-refractivity contribution in [3.05, 3.63) is 36.4 Å². The first-order valence-corrected chi connectivity index (χ1v) is 8.74. The second kappa shape index (κ2) is 12.0. The fraction of sp³-hybridized carbons (Fsp3) is 0.600. The van der Waals surface area contributed by atoms with Crippen molar-refractivity contribution in [3.63, 3.8) is 0 Å². The van der Waals surface area contributed by atoms with E-state index in [2.05, 4.69) is 6.58 Å². The third kappa shape index (κ3) is 7.08. The number of ether oxygens (including phenoxy) is 2. The lowest BCUT2D eigenvalue weighted by Crippen LogP contribution is -2.02. The summed E-state index contributed by atoms with van der Waals surface area (Å²) in [5, 5.41) is 10.4. The Morgan fingerprint density at radius 2 is 1.65 bits per heavy atom. The van der Waals surface area contributed by atoms with Crippen LogP contribution in [0.1, 0.15) is 69.5 Å². The first-order chi connectivity index (χ1) is 11.2. The minimum Gasteiger partial charge on any atom is -0.493 e. The summed E-state index contributed by atoms with van der Waals surface area (Å²) in [5.74, 6) is 1.31. The number of methoxy groups -OCH3 is 2. The quantitative estimate of drug-likeness (QED) is 0.389.